The van der Waals surface area contributed by atoms with Crippen LogP contribution in [0.15, 0.2) is 0 Å². The molecule has 0 spiro atoms. The lowest BCUT2D eigenvalue weighted by molar-refractivity contribution is -0.147. The molecule has 0 aromatic carbocycles. The number of likely N-dealkylation sites (N-methyl/N-ethyl adjacent to an activating group) is 1. The SMILES string of the molecule is COCCN(C(=O)N(C)C(C)(C)C(=O)O)C(C)C1CC1. The van der Waals surface area contributed by atoms with Gasteiger partial charge in [-0.05, 0) is 39.5 Å². The van der Waals surface area contributed by atoms with Crippen molar-refractivity contribution in [2.45, 2.75) is 45.2 Å². The Bertz CT molecular complexity index is 366. The molecule has 2 amide bonds. The zero-order valence-electron chi connectivity index (χ0n) is 13.0. The van der Waals surface area contributed by atoms with Gasteiger partial charge in [0.05, 0.1) is 6.61 Å². The number of hydrogen-bond donors (Lipinski definition) is 1. The molecule has 1 rings (SSSR count). The van der Waals surface area contributed by atoms with Gasteiger partial charge < -0.3 is 19.6 Å². The number of hydrogen-bond acceptors (Lipinski definition) is 3. The number of amides is 2. The van der Waals surface area contributed by atoms with Gasteiger partial charge in [-0.15, -0.1) is 0 Å². The minimum absolute atomic E-state index is 0.115. The summed E-state index contributed by atoms with van der Waals surface area (Å²) in [4.78, 5) is 26.9. The van der Waals surface area contributed by atoms with Crippen LogP contribution in [0.2, 0.25) is 0 Å². The van der Waals surface area contributed by atoms with Crippen LogP contribution in [0.25, 0.3) is 0 Å². The normalized spacial score (nSPS) is 16.6. The first-order chi connectivity index (χ1) is 9.23. The molecule has 0 radical (unpaired) electrons. The molecule has 20 heavy (non-hydrogen) atoms. The van der Waals surface area contributed by atoms with Gasteiger partial charge in [-0.2, -0.15) is 0 Å². The zero-order chi connectivity index (χ0) is 15.5. The highest BCUT2D eigenvalue weighted by Gasteiger charge is 2.40. The molecular formula is C14H26N2O4. The molecular weight excluding hydrogens is 260 g/mol. The first-order valence-corrected chi connectivity index (χ1v) is 7.00. The fourth-order valence-electron chi connectivity index (χ4n) is 2.07. The van der Waals surface area contributed by atoms with Gasteiger partial charge in [0.15, 0.2) is 0 Å². The number of rotatable bonds is 7. The van der Waals surface area contributed by atoms with E-state index in [9.17, 15) is 14.7 Å². The van der Waals surface area contributed by atoms with Crippen LogP contribution < -0.4 is 0 Å². The van der Waals surface area contributed by atoms with Gasteiger partial charge in [-0.1, -0.05) is 0 Å². The van der Waals surface area contributed by atoms with Crippen LogP contribution in [-0.2, 0) is 9.53 Å². The molecule has 116 valence electrons. The summed E-state index contributed by atoms with van der Waals surface area (Å²) in [6.07, 6.45) is 2.26. The third-order valence-electron chi connectivity index (χ3n) is 4.23. The standard InChI is InChI=1S/C14H26N2O4/c1-10(11-6-7-11)16(8-9-20-5)13(19)15(4)14(2,3)12(17)18/h10-11H,6-9H2,1-5H3,(H,17,18). The van der Waals surface area contributed by atoms with E-state index in [1.165, 1.54) is 25.8 Å². The van der Waals surface area contributed by atoms with E-state index in [0.717, 1.165) is 12.8 Å². The maximum absolute atomic E-state index is 12.6. The van der Waals surface area contributed by atoms with Gasteiger partial charge in [0.1, 0.15) is 5.54 Å². The van der Waals surface area contributed by atoms with Crippen molar-refractivity contribution in [3.05, 3.63) is 0 Å². The van der Waals surface area contributed by atoms with E-state index in [0.29, 0.717) is 19.1 Å². The quantitative estimate of drug-likeness (QED) is 0.772. The Morgan fingerprint density at radius 1 is 1.40 bits per heavy atom. The number of aliphatic carboxylic acids is 1. The summed E-state index contributed by atoms with van der Waals surface area (Å²) in [6, 6.07) is -0.140. The monoisotopic (exact) mass is 286 g/mol. The lowest BCUT2D eigenvalue weighted by Gasteiger charge is -2.38. The van der Waals surface area contributed by atoms with Crippen molar-refractivity contribution >= 4 is 12.0 Å². The van der Waals surface area contributed by atoms with E-state index in [4.69, 9.17) is 4.74 Å². The van der Waals surface area contributed by atoms with E-state index in [2.05, 4.69) is 0 Å². The van der Waals surface area contributed by atoms with Crippen molar-refractivity contribution in [2.24, 2.45) is 5.92 Å². The summed E-state index contributed by atoms with van der Waals surface area (Å²) in [7, 11) is 3.13. The predicted octanol–water partition coefficient (Wildman–Crippen LogP) is 1.65. The van der Waals surface area contributed by atoms with Crippen molar-refractivity contribution in [1.82, 2.24) is 9.80 Å². The molecule has 6 nitrogen and oxygen atoms in total. The average Bonchev–Trinajstić information content (AvgIpc) is 3.21. The maximum atomic E-state index is 12.6. The maximum Gasteiger partial charge on any atom is 0.329 e. The van der Waals surface area contributed by atoms with Gasteiger partial charge in [-0.25, -0.2) is 9.59 Å². The van der Waals surface area contributed by atoms with Crippen molar-refractivity contribution in [2.75, 3.05) is 27.3 Å². The second kappa shape index (κ2) is 6.43. The topological polar surface area (TPSA) is 70.1 Å². The first kappa shape index (κ1) is 16.8. The summed E-state index contributed by atoms with van der Waals surface area (Å²) in [5.41, 5.74) is -1.23. The third-order valence-corrected chi connectivity index (χ3v) is 4.23. The zero-order valence-corrected chi connectivity index (χ0v) is 13.0. The number of methoxy groups -OCH3 is 1. The van der Waals surface area contributed by atoms with E-state index in [1.807, 2.05) is 6.92 Å². The van der Waals surface area contributed by atoms with Crippen LogP contribution in [0.1, 0.15) is 33.6 Å². The molecule has 0 aliphatic heterocycles. The number of carbonyl (C=O) groups excluding carboxylic acids is 1. The summed E-state index contributed by atoms with van der Waals surface area (Å²) in [5.74, 6) is -0.490. The van der Waals surface area contributed by atoms with E-state index < -0.39 is 11.5 Å². The number of nitrogens with zero attached hydrogens (tertiary/aromatic N) is 2. The van der Waals surface area contributed by atoms with Crippen LogP contribution >= 0.6 is 0 Å². The van der Waals surface area contributed by atoms with Crippen LogP contribution in [-0.4, -0.2) is 65.8 Å². The molecule has 0 heterocycles. The van der Waals surface area contributed by atoms with Gasteiger partial charge >= 0.3 is 12.0 Å². The molecule has 1 fully saturated rings. The van der Waals surface area contributed by atoms with E-state index in [-0.39, 0.29) is 12.1 Å². The highest BCUT2D eigenvalue weighted by molar-refractivity contribution is 5.85. The lowest BCUT2D eigenvalue weighted by atomic mass is 10.0. The first-order valence-electron chi connectivity index (χ1n) is 7.00. The minimum Gasteiger partial charge on any atom is -0.480 e. The molecule has 1 N–H and O–H groups in total. The average molecular weight is 286 g/mol. The third kappa shape index (κ3) is 3.62. The predicted molar refractivity (Wildman–Crippen MR) is 75.6 cm³/mol. The second-order valence-electron chi connectivity index (χ2n) is 5.97. The number of carbonyl (C=O) groups is 2. The summed E-state index contributed by atoms with van der Waals surface area (Å²) in [5, 5.41) is 9.24. The van der Waals surface area contributed by atoms with Crippen LogP contribution in [0, 0.1) is 5.92 Å². The smallest absolute Gasteiger partial charge is 0.329 e. The van der Waals surface area contributed by atoms with Crippen molar-refractivity contribution in [3.63, 3.8) is 0 Å². The molecule has 1 aliphatic carbocycles. The minimum atomic E-state index is -1.23. The molecule has 0 aromatic rings. The number of ether oxygens (including phenoxy) is 1. The van der Waals surface area contributed by atoms with Gasteiger partial charge in [-0.3, -0.25) is 0 Å². The lowest BCUT2D eigenvalue weighted by Crippen LogP contribution is -2.57. The Labute approximate surface area is 120 Å². The summed E-state index contributed by atoms with van der Waals surface area (Å²) >= 11 is 0. The molecule has 0 aromatic heterocycles. The fraction of sp³-hybridized carbons (Fsp3) is 0.857. The number of carboxylic acid groups (broad SMARTS) is 1. The molecule has 0 bridgehead atoms. The Balaban J connectivity index is 2.83. The summed E-state index contributed by atoms with van der Waals surface area (Å²) in [6.45, 7) is 6.01. The summed E-state index contributed by atoms with van der Waals surface area (Å²) < 4.78 is 5.06. The molecule has 1 aliphatic rings. The van der Waals surface area contributed by atoms with E-state index >= 15 is 0 Å². The van der Waals surface area contributed by atoms with Crippen molar-refractivity contribution < 1.29 is 19.4 Å². The number of urea groups is 1. The van der Waals surface area contributed by atoms with Crippen LogP contribution in [0.4, 0.5) is 4.79 Å². The molecule has 6 heteroatoms. The highest BCUT2D eigenvalue weighted by atomic mass is 16.5. The second-order valence-corrected chi connectivity index (χ2v) is 5.97. The highest BCUT2D eigenvalue weighted by Crippen LogP contribution is 2.35. The van der Waals surface area contributed by atoms with Crippen LogP contribution in [0.5, 0.6) is 0 Å². The van der Waals surface area contributed by atoms with Crippen molar-refractivity contribution in [3.8, 4) is 0 Å². The Kier molecular flexibility index (Phi) is 5.39. The molecule has 1 unspecified atom stereocenters. The van der Waals surface area contributed by atoms with Gasteiger partial charge in [0.2, 0.25) is 0 Å². The van der Waals surface area contributed by atoms with Crippen molar-refractivity contribution in [1.29, 1.82) is 0 Å². The van der Waals surface area contributed by atoms with Crippen LogP contribution in [0.3, 0.4) is 0 Å². The molecule has 1 atom stereocenters. The Morgan fingerprint density at radius 3 is 2.35 bits per heavy atom. The molecule has 0 saturated heterocycles. The van der Waals surface area contributed by atoms with E-state index in [1.54, 1.807) is 12.0 Å². The van der Waals surface area contributed by atoms with Gasteiger partial charge in [0, 0.05) is 26.7 Å². The molecule has 1 saturated carbocycles. The van der Waals surface area contributed by atoms with Gasteiger partial charge in [0.25, 0.3) is 0 Å². The number of carboxylic acids is 1. The Hall–Kier alpha value is -1.30. The fourth-order valence-corrected chi connectivity index (χ4v) is 2.07. The largest absolute Gasteiger partial charge is 0.480 e. The Morgan fingerprint density at radius 2 is 1.95 bits per heavy atom.